The minimum atomic E-state index is 0.951. The van der Waals surface area contributed by atoms with E-state index in [1.807, 2.05) is 0 Å². The molecule has 0 N–H and O–H groups in total. The molecular weight excluding hydrogens is 150 g/mol. The van der Waals surface area contributed by atoms with Gasteiger partial charge in [-0.2, -0.15) is 0 Å². The molecule has 12 heavy (non-hydrogen) atoms. The van der Waals surface area contributed by atoms with Gasteiger partial charge in [-0.1, -0.05) is 0 Å². The lowest BCUT2D eigenvalue weighted by Gasteiger charge is -2.13. The van der Waals surface area contributed by atoms with Crippen LogP contribution in [0.2, 0.25) is 0 Å². The van der Waals surface area contributed by atoms with Gasteiger partial charge in [-0.3, -0.25) is 0 Å². The molecule has 0 spiro atoms. The van der Waals surface area contributed by atoms with Crippen LogP contribution in [-0.4, -0.2) is 11.7 Å². The van der Waals surface area contributed by atoms with Crippen LogP contribution in [0.5, 0.6) is 0 Å². The predicted octanol–water partition coefficient (Wildman–Crippen LogP) is 1.65. The summed E-state index contributed by atoms with van der Waals surface area (Å²) in [7, 11) is 3.82. The van der Waals surface area contributed by atoms with Gasteiger partial charge in [-0.05, 0) is 17.7 Å². The van der Waals surface area contributed by atoms with Crippen molar-refractivity contribution in [2.75, 3.05) is 7.11 Å². The number of hydrogen-bond acceptors (Lipinski definition) is 1. The van der Waals surface area contributed by atoms with E-state index in [0.717, 1.165) is 18.6 Å². The highest BCUT2D eigenvalue weighted by Crippen LogP contribution is 2.21. The van der Waals surface area contributed by atoms with E-state index in [1.165, 1.54) is 11.3 Å². The number of rotatable bonds is 1. The fourth-order valence-corrected chi connectivity index (χ4v) is 1.68. The zero-order chi connectivity index (χ0) is 8.55. The highest BCUT2D eigenvalue weighted by Gasteiger charge is 2.13. The van der Waals surface area contributed by atoms with Crippen LogP contribution in [0.3, 0.4) is 0 Å². The largest absolute Gasteiger partial charge is 0.501 e. The quantitative estimate of drug-likeness (QED) is 0.614. The van der Waals surface area contributed by atoms with E-state index in [1.54, 1.807) is 7.11 Å². The summed E-state index contributed by atoms with van der Waals surface area (Å²) in [6.07, 6.45) is 6.22. The standard InChI is InChI=1S/C10H13NO/c1-11-6-5-8-7-9(12-2)3-4-10(8)11/h3,5-6H,4,7H2,1-2H3. The Balaban J connectivity index is 2.32. The molecule has 1 aliphatic rings. The zero-order valence-corrected chi connectivity index (χ0v) is 7.50. The van der Waals surface area contributed by atoms with Gasteiger partial charge in [-0.15, -0.1) is 0 Å². The number of aryl methyl sites for hydroxylation is 1. The van der Waals surface area contributed by atoms with Crippen LogP contribution in [0.1, 0.15) is 11.3 Å². The summed E-state index contributed by atoms with van der Waals surface area (Å²) in [5.41, 5.74) is 2.81. The summed E-state index contributed by atoms with van der Waals surface area (Å²) in [6.45, 7) is 0. The molecule has 2 rings (SSSR count). The van der Waals surface area contributed by atoms with Crippen molar-refractivity contribution >= 4 is 0 Å². The first kappa shape index (κ1) is 7.47. The van der Waals surface area contributed by atoms with Gasteiger partial charge in [0, 0.05) is 31.8 Å². The van der Waals surface area contributed by atoms with Crippen molar-refractivity contribution in [1.29, 1.82) is 0 Å². The zero-order valence-electron chi connectivity index (χ0n) is 7.50. The normalized spacial score (nSPS) is 15.3. The molecular formula is C10H13NO. The van der Waals surface area contributed by atoms with E-state index in [-0.39, 0.29) is 0 Å². The third-order valence-corrected chi connectivity index (χ3v) is 2.45. The minimum absolute atomic E-state index is 0.951. The molecule has 1 aliphatic carbocycles. The van der Waals surface area contributed by atoms with Crippen molar-refractivity contribution < 1.29 is 4.74 Å². The van der Waals surface area contributed by atoms with Gasteiger partial charge in [0.05, 0.1) is 12.9 Å². The molecule has 0 unspecified atom stereocenters. The van der Waals surface area contributed by atoms with E-state index < -0.39 is 0 Å². The fourth-order valence-electron chi connectivity index (χ4n) is 1.68. The first-order valence-corrected chi connectivity index (χ1v) is 4.17. The van der Waals surface area contributed by atoms with Crippen LogP contribution in [0, 0.1) is 0 Å². The van der Waals surface area contributed by atoms with Crippen molar-refractivity contribution in [3.8, 4) is 0 Å². The van der Waals surface area contributed by atoms with Crippen LogP contribution < -0.4 is 0 Å². The molecule has 64 valence electrons. The smallest absolute Gasteiger partial charge is 0.0964 e. The molecule has 1 heterocycles. The van der Waals surface area contributed by atoms with Gasteiger partial charge in [-0.25, -0.2) is 0 Å². The summed E-state index contributed by atoms with van der Waals surface area (Å²) in [5, 5.41) is 0. The third kappa shape index (κ3) is 1.04. The number of aromatic nitrogens is 1. The number of fused-ring (bicyclic) bond motifs is 1. The lowest BCUT2D eigenvalue weighted by Crippen LogP contribution is -2.05. The van der Waals surface area contributed by atoms with Gasteiger partial charge >= 0.3 is 0 Å². The van der Waals surface area contributed by atoms with Gasteiger partial charge in [0.1, 0.15) is 0 Å². The number of nitrogens with zero attached hydrogens (tertiary/aromatic N) is 1. The van der Waals surface area contributed by atoms with Gasteiger partial charge < -0.3 is 9.30 Å². The lowest BCUT2D eigenvalue weighted by atomic mass is 10.0. The van der Waals surface area contributed by atoms with E-state index in [2.05, 4.69) is 30.0 Å². The maximum absolute atomic E-state index is 5.21. The molecule has 2 heteroatoms. The summed E-state index contributed by atoms with van der Waals surface area (Å²) in [5.74, 6) is 1.09. The molecule has 0 aromatic carbocycles. The van der Waals surface area contributed by atoms with Crippen molar-refractivity contribution in [1.82, 2.24) is 4.57 Å². The highest BCUT2D eigenvalue weighted by atomic mass is 16.5. The average Bonchev–Trinajstić information content (AvgIpc) is 2.47. The summed E-state index contributed by atoms with van der Waals surface area (Å²) in [4.78, 5) is 0. The fraction of sp³-hybridized carbons (Fsp3) is 0.400. The minimum Gasteiger partial charge on any atom is -0.501 e. The summed E-state index contributed by atoms with van der Waals surface area (Å²) in [6, 6.07) is 2.17. The summed E-state index contributed by atoms with van der Waals surface area (Å²) >= 11 is 0. The molecule has 0 radical (unpaired) electrons. The Morgan fingerprint density at radius 1 is 1.50 bits per heavy atom. The van der Waals surface area contributed by atoms with Gasteiger partial charge in [0.2, 0.25) is 0 Å². The van der Waals surface area contributed by atoms with Gasteiger partial charge in [0.25, 0.3) is 0 Å². The molecule has 0 aliphatic heterocycles. The average molecular weight is 163 g/mol. The summed E-state index contributed by atoms with van der Waals surface area (Å²) < 4.78 is 7.39. The van der Waals surface area contributed by atoms with Crippen LogP contribution in [0.25, 0.3) is 0 Å². The number of ether oxygens (including phenoxy) is 1. The number of allylic oxidation sites excluding steroid dienone is 2. The van der Waals surface area contributed by atoms with Crippen molar-refractivity contribution in [2.24, 2.45) is 7.05 Å². The molecule has 0 bridgehead atoms. The maximum atomic E-state index is 5.21. The van der Waals surface area contributed by atoms with Crippen molar-refractivity contribution in [2.45, 2.75) is 12.8 Å². The topological polar surface area (TPSA) is 14.2 Å². The first-order chi connectivity index (χ1) is 5.81. The highest BCUT2D eigenvalue weighted by molar-refractivity contribution is 5.31. The van der Waals surface area contributed by atoms with E-state index in [4.69, 9.17) is 4.74 Å². The Kier molecular flexibility index (Phi) is 1.68. The molecule has 0 saturated heterocycles. The van der Waals surface area contributed by atoms with Crippen LogP contribution in [0.15, 0.2) is 24.1 Å². The monoisotopic (exact) mass is 163 g/mol. The van der Waals surface area contributed by atoms with Crippen molar-refractivity contribution in [3.05, 3.63) is 35.4 Å². The maximum Gasteiger partial charge on any atom is 0.0964 e. The Labute approximate surface area is 72.5 Å². The lowest BCUT2D eigenvalue weighted by molar-refractivity contribution is 0.279. The van der Waals surface area contributed by atoms with Crippen LogP contribution in [0.4, 0.5) is 0 Å². The Hall–Kier alpha value is -1.18. The van der Waals surface area contributed by atoms with E-state index >= 15 is 0 Å². The second-order valence-corrected chi connectivity index (χ2v) is 3.15. The Morgan fingerprint density at radius 3 is 3.08 bits per heavy atom. The molecule has 1 aromatic heterocycles. The predicted molar refractivity (Wildman–Crippen MR) is 47.9 cm³/mol. The van der Waals surface area contributed by atoms with E-state index in [9.17, 15) is 0 Å². The van der Waals surface area contributed by atoms with E-state index in [0.29, 0.717) is 0 Å². The Bertz CT molecular complexity index is 323. The third-order valence-electron chi connectivity index (χ3n) is 2.45. The van der Waals surface area contributed by atoms with Crippen molar-refractivity contribution in [3.63, 3.8) is 0 Å². The van der Waals surface area contributed by atoms with Crippen LogP contribution >= 0.6 is 0 Å². The molecule has 0 atom stereocenters. The molecule has 0 fully saturated rings. The first-order valence-electron chi connectivity index (χ1n) is 4.17. The second kappa shape index (κ2) is 2.70. The SMILES string of the molecule is COC1=CCc2c(ccn2C)C1. The van der Waals surface area contributed by atoms with Gasteiger partial charge in [0.15, 0.2) is 0 Å². The number of methoxy groups -OCH3 is 1. The molecule has 0 saturated carbocycles. The molecule has 1 aromatic rings. The number of hydrogen-bond donors (Lipinski definition) is 0. The molecule has 2 nitrogen and oxygen atoms in total. The second-order valence-electron chi connectivity index (χ2n) is 3.15. The Morgan fingerprint density at radius 2 is 2.33 bits per heavy atom. The molecule has 0 amide bonds. The van der Waals surface area contributed by atoms with Crippen LogP contribution in [-0.2, 0) is 24.6 Å².